The minimum Gasteiger partial charge on any atom is -0.197 e. The van der Waals surface area contributed by atoms with Crippen molar-refractivity contribution < 1.29 is 0 Å². The second-order valence-corrected chi connectivity index (χ2v) is 2.80. The first kappa shape index (κ1) is 6.83. The number of allylic oxidation sites excluding steroid dienone is 1. The maximum absolute atomic E-state index is 8.56. The van der Waals surface area contributed by atoms with Gasteiger partial charge in [0.25, 0.3) is 0 Å². The van der Waals surface area contributed by atoms with E-state index in [0.717, 1.165) is 5.57 Å². The second-order valence-electron chi connectivity index (χ2n) is 2.80. The number of hydrogen-bond donors (Lipinski definition) is 0. The van der Waals surface area contributed by atoms with Gasteiger partial charge in [0.05, 0.1) is 12.1 Å². The summed E-state index contributed by atoms with van der Waals surface area (Å²) in [4.78, 5) is 0. The van der Waals surface area contributed by atoms with E-state index < -0.39 is 5.41 Å². The number of nitrogens with zero attached hydrogens (tertiary/aromatic N) is 2. The minimum atomic E-state index is -0.716. The number of rotatable bonds is 1. The fourth-order valence-electron chi connectivity index (χ4n) is 1.13. The molecule has 1 unspecified atom stereocenters. The van der Waals surface area contributed by atoms with Crippen LogP contribution in [0.15, 0.2) is 12.2 Å². The third-order valence-electron chi connectivity index (χ3n) is 1.95. The summed E-state index contributed by atoms with van der Waals surface area (Å²) in [6.45, 7) is 5.57. The molecule has 0 aromatic rings. The van der Waals surface area contributed by atoms with Crippen LogP contribution in [-0.4, -0.2) is 0 Å². The first-order chi connectivity index (χ1) is 4.66. The summed E-state index contributed by atoms with van der Waals surface area (Å²) in [5, 5.41) is 17.1. The molecule has 1 aliphatic rings. The normalized spacial score (nSPS) is 26.1. The van der Waals surface area contributed by atoms with Gasteiger partial charge < -0.3 is 0 Å². The van der Waals surface area contributed by atoms with Crippen LogP contribution in [0.4, 0.5) is 0 Å². The van der Waals surface area contributed by atoms with Crippen molar-refractivity contribution in [2.75, 3.05) is 0 Å². The van der Waals surface area contributed by atoms with Gasteiger partial charge in [0, 0.05) is 5.92 Å². The molecule has 0 N–H and O–H groups in total. The molecule has 0 heterocycles. The molecule has 0 aromatic carbocycles. The van der Waals surface area contributed by atoms with Crippen LogP contribution in [0.3, 0.4) is 0 Å². The molecule has 0 radical (unpaired) electrons. The van der Waals surface area contributed by atoms with Gasteiger partial charge in [-0.1, -0.05) is 12.2 Å². The highest BCUT2D eigenvalue weighted by molar-refractivity contribution is 5.34. The van der Waals surface area contributed by atoms with Crippen LogP contribution < -0.4 is 0 Å². The van der Waals surface area contributed by atoms with E-state index in [1.807, 2.05) is 19.1 Å². The molecule has 1 fully saturated rings. The van der Waals surface area contributed by atoms with Crippen molar-refractivity contribution in [3.8, 4) is 12.1 Å². The fourth-order valence-corrected chi connectivity index (χ4v) is 1.13. The highest BCUT2D eigenvalue weighted by Crippen LogP contribution is 2.54. The lowest BCUT2D eigenvalue weighted by Crippen LogP contribution is -1.95. The Kier molecular flexibility index (Phi) is 1.27. The third-order valence-corrected chi connectivity index (χ3v) is 1.95. The third kappa shape index (κ3) is 0.700. The molecule has 1 saturated carbocycles. The fraction of sp³-hybridized carbons (Fsp3) is 0.500. The van der Waals surface area contributed by atoms with Crippen molar-refractivity contribution in [3.63, 3.8) is 0 Å². The largest absolute Gasteiger partial charge is 0.197 e. The summed E-state index contributed by atoms with van der Waals surface area (Å²) in [6, 6.07) is 4.02. The maximum Gasteiger partial charge on any atom is 0.151 e. The van der Waals surface area contributed by atoms with E-state index in [1.165, 1.54) is 0 Å². The molecular weight excluding hydrogens is 124 g/mol. The quantitative estimate of drug-likeness (QED) is 0.509. The molecule has 0 amide bonds. The van der Waals surface area contributed by atoms with Crippen molar-refractivity contribution in [2.24, 2.45) is 11.3 Å². The molecule has 0 spiro atoms. The number of hydrogen-bond acceptors (Lipinski definition) is 2. The zero-order chi connectivity index (χ0) is 7.78. The van der Waals surface area contributed by atoms with Gasteiger partial charge in [0.1, 0.15) is 0 Å². The molecule has 0 bridgehead atoms. The highest BCUT2D eigenvalue weighted by Gasteiger charge is 2.56. The zero-order valence-electron chi connectivity index (χ0n) is 5.89. The smallest absolute Gasteiger partial charge is 0.151 e. The Labute approximate surface area is 60.4 Å². The lowest BCUT2D eigenvalue weighted by molar-refractivity contribution is 0.797. The van der Waals surface area contributed by atoms with E-state index in [2.05, 4.69) is 6.58 Å². The Balaban J connectivity index is 2.76. The predicted molar refractivity (Wildman–Crippen MR) is 36.6 cm³/mol. The molecule has 1 atom stereocenters. The maximum atomic E-state index is 8.56. The average molecular weight is 132 g/mol. The minimum absolute atomic E-state index is 0.127. The molecule has 0 aromatic heterocycles. The van der Waals surface area contributed by atoms with Crippen LogP contribution in [0.2, 0.25) is 0 Å². The molecule has 0 saturated heterocycles. The van der Waals surface area contributed by atoms with Crippen molar-refractivity contribution >= 4 is 0 Å². The van der Waals surface area contributed by atoms with Gasteiger partial charge in [-0.2, -0.15) is 10.5 Å². The molecular formula is C8H8N2. The van der Waals surface area contributed by atoms with Gasteiger partial charge in [-0.15, -0.1) is 0 Å². The van der Waals surface area contributed by atoms with E-state index in [1.54, 1.807) is 0 Å². The number of nitriles is 2. The Morgan fingerprint density at radius 1 is 1.60 bits per heavy atom. The average Bonchev–Trinajstić information content (AvgIpc) is 2.63. The summed E-state index contributed by atoms with van der Waals surface area (Å²) in [5.74, 6) is 0.127. The van der Waals surface area contributed by atoms with Crippen molar-refractivity contribution in [1.29, 1.82) is 10.5 Å². The molecule has 2 nitrogen and oxygen atoms in total. The lowest BCUT2D eigenvalue weighted by atomic mass is 10.0. The van der Waals surface area contributed by atoms with Crippen LogP contribution in [-0.2, 0) is 0 Å². The van der Waals surface area contributed by atoms with E-state index in [-0.39, 0.29) is 5.92 Å². The van der Waals surface area contributed by atoms with E-state index in [4.69, 9.17) is 10.5 Å². The van der Waals surface area contributed by atoms with Gasteiger partial charge in [0.2, 0.25) is 0 Å². The van der Waals surface area contributed by atoms with Gasteiger partial charge in [-0.25, -0.2) is 0 Å². The van der Waals surface area contributed by atoms with Crippen LogP contribution in [0.5, 0.6) is 0 Å². The predicted octanol–water partition coefficient (Wildman–Crippen LogP) is 1.62. The standard InChI is InChI=1S/C8H8N2/c1-6(2)7-3-8(7,4-9)5-10/h7H,1,3H2,2H3. The summed E-state index contributed by atoms with van der Waals surface area (Å²) >= 11 is 0. The Bertz CT molecular complexity index is 237. The SMILES string of the molecule is C=C(C)C1CC1(C#N)C#N. The topological polar surface area (TPSA) is 47.6 Å². The zero-order valence-corrected chi connectivity index (χ0v) is 5.89. The summed E-state index contributed by atoms with van der Waals surface area (Å²) < 4.78 is 0. The van der Waals surface area contributed by atoms with Gasteiger partial charge >= 0.3 is 0 Å². The van der Waals surface area contributed by atoms with Crippen LogP contribution >= 0.6 is 0 Å². The van der Waals surface area contributed by atoms with Gasteiger partial charge in [0.15, 0.2) is 5.41 Å². The van der Waals surface area contributed by atoms with Gasteiger partial charge in [-0.05, 0) is 13.3 Å². The first-order valence-electron chi connectivity index (χ1n) is 3.14. The summed E-state index contributed by atoms with van der Waals surface area (Å²) in [6.07, 6.45) is 0.676. The Morgan fingerprint density at radius 3 is 2.20 bits per heavy atom. The van der Waals surface area contributed by atoms with E-state index >= 15 is 0 Å². The second kappa shape index (κ2) is 1.85. The molecule has 10 heavy (non-hydrogen) atoms. The Morgan fingerprint density at radius 2 is 2.10 bits per heavy atom. The molecule has 1 aliphatic carbocycles. The van der Waals surface area contributed by atoms with E-state index in [0.29, 0.717) is 6.42 Å². The van der Waals surface area contributed by atoms with Crippen LogP contribution in [0.25, 0.3) is 0 Å². The molecule has 0 aliphatic heterocycles. The van der Waals surface area contributed by atoms with Crippen molar-refractivity contribution in [1.82, 2.24) is 0 Å². The molecule has 1 rings (SSSR count). The Hall–Kier alpha value is -1.28. The summed E-state index contributed by atoms with van der Waals surface area (Å²) in [7, 11) is 0. The first-order valence-corrected chi connectivity index (χ1v) is 3.14. The van der Waals surface area contributed by atoms with E-state index in [9.17, 15) is 0 Å². The lowest BCUT2D eigenvalue weighted by Gasteiger charge is -1.93. The van der Waals surface area contributed by atoms with Crippen molar-refractivity contribution in [2.45, 2.75) is 13.3 Å². The monoisotopic (exact) mass is 132 g/mol. The van der Waals surface area contributed by atoms with Crippen LogP contribution in [0.1, 0.15) is 13.3 Å². The molecule has 2 heteroatoms. The van der Waals surface area contributed by atoms with Crippen molar-refractivity contribution in [3.05, 3.63) is 12.2 Å². The van der Waals surface area contributed by atoms with Gasteiger partial charge in [-0.3, -0.25) is 0 Å². The summed E-state index contributed by atoms with van der Waals surface area (Å²) in [5.41, 5.74) is 0.231. The highest BCUT2D eigenvalue weighted by atomic mass is 14.6. The molecule has 50 valence electrons. The van der Waals surface area contributed by atoms with Crippen LogP contribution in [0, 0.1) is 34.0 Å².